The molecule has 220 valence electrons. The summed E-state index contributed by atoms with van der Waals surface area (Å²) in [4.78, 5) is 10.3. The molecule has 2 heterocycles. The van der Waals surface area contributed by atoms with Crippen molar-refractivity contribution < 1.29 is 4.42 Å². The number of fused-ring (bicyclic) bond motifs is 6. The first kappa shape index (κ1) is 26.9. The van der Waals surface area contributed by atoms with Gasteiger partial charge in [0.05, 0.1) is 22.8 Å². The van der Waals surface area contributed by atoms with E-state index in [4.69, 9.17) is 25.2 Å². The van der Waals surface area contributed by atoms with Crippen molar-refractivity contribution in [2.45, 2.75) is 0 Å². The van der Waals surface area contributed by atoms with Crippen molar-refractivity contribution >= 4 is 50.2 Å². The van der Waals surface area contributed by atoms with Gasteiger partial charge in [0.2, 0.25) is 0 Å². The summed E-state index contributed by atoms with van der Waals surface area (Å²) in [6.07, 6.45) is 3.59. The summed E-state index contributed by atoms with van der Waals surface area (Å²) in [6, 6.07) is 45.4. The quantitative estimate of drug-likeness (QED) is 0.210. The summed E-state index contributed by atoms with van der Waals surface area (Å²) in [5.74, 6) is 0.606. The first-order valence-electron chi connectivity index (χ1n) is 15.5. The fourth-order valence-electron chi connectivity index (χ4n) is 6.54. The largest absolute Gasteiger partial charge is 0.456 e. The number of benzene rings is 6. The van der Waals surface area contributed by atoms with Gasteiger partial charge in [-0.3, -0.25) is 10.8 Å². The number of rotatable bonds is 4. The Kier molecular flexibility index (Phi) is 6.05. The molecule has 5 nitrogen and oxygen atoms in total. The van der Waals surface area contributed by atoms with Crippen LogP contribution in [0.2, 0.25) is 0 Å². The average molecular weight is 603 g/mol. The molecule has 0 atom stereocenters. The van der Waals surface area contributed by atoms with Crippen molar-refractivity contribution in [3.05, 3.63) is 151 Å². The van der Waals surface area contributed by atoms with Gasteiger partial charge in [-0.15, -0.1) is 0 Å². The third-order valence-corrected chi connectivity index (χ3v) is 8.93. The molecule has 0 spiro atoms. The molecule has 0 amide bonds. The van der Waals surface area contributed by atoms with Gasteiger partial charge in [0.15, 0.2) is 5.82 Å². The maximum atomic E-state index is 8.59. The minimum atomic E-state index is 0.217. The third kappa shape index (κ3) is 4.56. The number of nitrogens with one attached hydrogen (secondary N) is 2. The van der Waals surface area contributed by atoms with Crippen molar-refractivity contribution in [1.29, 1.82) is 10.8 Å². The van der Waals surface area contributed by atoms with Crippen molar-refractivity contribution in [2.75, 3.05) is 0 Å². The van der Waals surface area contributed by atoms with Gasteiger partial charge in [0.1, 0.15) is 11.2 Å². The highest BCUT2D eigenvalue weighted by molar-refractivity contribution is 6.53. The van der Waals surface area contributed by atoms with Gasteiger partial charge in [-0.25, -0.2) is 9.97 Å². The number of hydrogen-bond acceptors (Lipinski definition) is 5. The molecule has 2 aromatic heterocycles. The molecule has 0 saturated heterocycles. The van der Waals surface area contributed by atoms with E-state index < -0.39 is 0 Å². The van der Waals surface area contributed by atoms with Crippen molar-refractivity contribution in [3.63, 3.8) is 0 Å². The SMILES string of the molecule is N=C1C=Cc2ccc3cc(-c4nc(-c5cccc(-c6ccccc6)c5)cc(-c5ccc6c(c5)oc5ccccc56)n4)ccc3c2C1=N. The first-order chi connectivity index (χ1) is 23.1. The molecule has 0 saturated carbocycles. The van der Waals surface area contributed by atoms with E-state index in [1.165, 1.54) is 0 Å². The van der Waals surface area contributed by atoms with Crippen LogP contribution in [-0.4, -0.2) is 21.4 Å². The second kappa shape index (κ2) is 10.6. The lowest BCUT2D eigenvalue weighted by molar-refractivity contribution is 0.669. The van der Waals surface area contributed by atoms with Crippen LogP contribution in [0, 0.1) is 10.8 Å². The highest BCUT2D eigenvalue weighted by Crippen LogP contribution is 2.36. The van der Waals surface area contributed by atoms with Gasteiger partial charge in [-0.2, -0.15) is 0 Å². The first-order valence-corrected chi connectivity index (χ1v) is 15.5. The van der Waals surface area contributed by atoms with E-state index in [1.807, 2.05) is 54.6 Å². The number of aromatic nitrogens is 2. The number of hydrogen-bond donors (Lipinski definition) is 2. The van der Waals surface area contributed by atoms with Crippen LogP contribution in [-0.2, 0) is 0 Å². The third-order valence-electron chi connectivity index (χ3n) is 8.93. The van der Waals surface area contributed by atoms with Crippen LogP contribution < -0.4 is 0 Å². The molecule has 0 radical (unpaired) electrons. The van der Waals surface area contributed by atoms with Gasteiger partial charge >= 0.3 is 0 Å². The summed E-state index contributed by atoms with van der Waals surface area (Å²) in [6.45, 7) is 0. The molecular weight excluding hydrogens is 576 g/mol. The summed E-state index contributed by atoms with van der Waals surface area (Å²) in [5, 5.41) is 20.9. The Labute approximate surface area is 270 Å². The van der Waals surface area contributed by atoms with E-state index in [-0.39, 0.29) is 11.4 Å². The minimum absolute atomic E-state index is 0.217. The normalized spacial score (nSPS) is 12.7. The maximum absolute atomic E-state index is 8.59. The number of para-hydroxylation sites is 1. The summed E-state index contributed by atoms with van der Waals surface area (Å²) >= 11 is 0. The van der Waals surface area contributed by atoms with Crippen LogP contribution in [0.4, 0.5) is 0 Å². The van der Waals surface area contributed by atoms with Crippen LogP contribution in [0.25, 0.3) is 83.8 Å². The lowest BCUT2D eigenvalue weighted by atomic mass is 9.89. The molecule has 5 heteroatoms. The molecule has 2 N–H and O–H groups in total. The smallest absolute Gasteiger partial charge is 0.160 e. The predicted molar refractivity (Wildman–Crippen MR) is 192 cm³/mol. The summed E-state index contributed by atoms with van der Waals surface area (Å²) < 4.78 is 6.24. The highest BCUT2D eigenvalue weighted by Gasteiger charge is 2.19. The predicted octanol–water partition coefficient (Wildman–Crippen LogP) is 10.6. The Balaban J connectivity index is 1.23. The Morgan fingerprint density at radius 3 is 2.04 bits per heavy atom. The van der Waals surface area contributed by atoms with Gasteiger partial charge in [-0.1, -0.05) is 103 Å². The number of nitrogens with zero attached hydrogens (tertiary/aromatic N) is 2. The lowest BCUT2D eigenvalue weighted by Gasteiger charge is -2.16. The molecule has 8 aromatic rings. The van der Waals surface area contributed by atoms with Gasteiger partial charge < -0.3 is 4.42 Å². The molecule has 47 heavy (non-hydrogen) atoms. The van der Waals surface area contributed by atoms with Gasteiger partial charge in [0.25, 0.3) is 0 Å². The Morgan fingerprint density at radius 2 is 1.17 bits per heavy atom. The zero-order chi connectivity index (χ0) is 31.5. The monoisotopic (exact) mass is 602 g/mol. The maximum Gasteiger partial charge on any atom is 0.160 e. The molecule has 0 aliphatic heterocycles. The number of furan rings is 1. The summed E-state index contributed by atoms with van der Waals surface area (Å²) in [5.41, 5.74) is 10.5. The summed E-state index contributed by atoms with van der Waals surface area (Å²) in [7, 11) is 0. The molecule has 1 aliphatic carbocycles. The van der Waals surface area contributed by atoms with Crippen LogP contribution in [0.3, 0.4) is 0 Å². The van der Waals surface area contributed by atoms with E-state index in [9.17, 15) is 0 Å². The van der Waals surface area contributed by atoms with Crippen LogP contribution in [0.5, 0.6) is 0 Å². The second-order valence-electron chi connectivity index (χ2n) is 11.8. The molecule has 0 bridgehead atoms. The zero-order valence-electron chi connectivity index (χ0n) is 25.2. The van der Waals surface area contributed by atoms with E-state index >= 15 is 0 Å². The topological polar surface area (TPSA) is 86.6 Å². The van der Waals surface area contributed by atoms with E-state index in [1.54, 1.807) is 6.08 Å². The fourth-order valence-corrected chi connectivity index (χ4v) is 6.54. The Hall–Kier alpha value is -6.46. The Bertz CT molecular complexity index is 2610. The van der Waals surface area contributed by atoms with Crippen LogP contribution >= 0.6 is 0 Å². The van der Waals surface area contributed by atoms with E-state index in [0.717, 1.165) is 83.0 Å². The highest BCUT2D eigenvalue weighted by atomic mass is 16.3. The second-order valence-corrected chi connectivity index (χ2v) is 11.8. The molecule has 1 aliphatic rings. The molecule has 0 fully saturated rings. The van der Waals surface area contributed by atoms with E-state index in [2.05, 4.69) is 84.9 Å². The van der Waals surface area contributed by atoms with Gasteiger partial charge in [-0.05, 0) is 69.9 Å². The minimum Gasteiger partial charge on any atom is -0.456 e. The average Bonchev–Trinajstić information content (AvgIpc) is 3.51. The fraction of sp³-hybridized carbons (Fsp3) is 0. The van der Waals surface area contributed by atoms with Crippen LogP contribution in [0.1, 0.15) is 11.1 Å². The van der Waals surface area contributed by atoms with Crippen molar-refractivity contribution in [3.8, 4) is 45.0 Å². The molecule has 9 rings (SSSR count). The van der Waals surface area contributed by atoms with E-state index in [0.29, 0.717) is 5.82 Å². The van der Waals surface area contributed by atoms with Gasteiger partial charge in [0, 0.05) is 33.0 Å². The zero-order valence-corrected chi connectivity index (χ0v) is 25.2. The molecule has 0 unspecified atom stereocenters. The van der Waals surface area contributed by atoms with Crippen molar-refractivity contribution in [1.82, 2.24) is 9.97 Å². The number of allylic oxidation sites excluding steroid dienone is 1. The van der Waals surface area contributed by atoms with Crippen LogP contribution in [0.15, 0.2) is 144 Å². The standard InChI is InChI=1S/C42H26N4O/c43-35-20-17-26-13-14-28-22-31(16-18-32(28)40(26)41(35)44)42-45-36(29-10-6-9-27(21-29)25-7-2-1-3-8-25)24-37(46-42)30-15-19-34-33-11-4-5-12-38(33)47-39(34)23-30/h1-24,43-44H. The molecular formula is C42H26N4O. The Morgan fingerprint density at radius 1 is 0.468 bits per heavy atom. The van der Waals surface area contributed by atoms with Crippen molar-refractivity contribution in [2.24, 2.45) is 0 Å². The lowest BCUT2D eigenvalue weighted by Crippen LogP contribution is -2.16. The molecule has 6 aromatic carbocycles.